The second kappa shape index (κ2) is 9.51. The van der Waals surface area contributed by atoms with E-state index in [2.05, 4.69) is 27.4 Å². The topological polar surface area (TPSA) is 82.3 Å². The summed E-state index contributed by atoms with van der Waals surface area (Å²) in [5, 5.41) is 9.13. The number of benzene rings is 1. The van der Waals surface area contributed by atoms with E-state index in [-0.39, 0.29) is 18.4 Å². The molecule has 0 saturated heterocycles. The molecule has 2 aromatic heterocycles. The number of nitrogens with one attached hydrogen (secondary N) is 1. The van der Waals surface area contributed by atoms with Crippen LogP contribution in [0.15, 0.2) is 33.6 Å². The van der Waals surface area contributed by atoms with E-state index in [1.165, 1.54) is 11.3 Å². The monoisotopic (exact) mass is 396 g/mol. The summed E-state index contributed by atoms with van der Waals surface area (Å²) in [6, 6.07) is 5.81. The second-order valence-corrected chi connectivity index (χ2v) is 6.26. The number of halogens is 1. The normalized spacial score (nSPS) is 11.7. The minimum atomic E-state index is 0. The fraction of sp³-hybridized carbons (Fsp3) is 0.353. The van der Waals surface area contributed by atoms with E-state index in [1.54, 1.807) is 12.6 Å². The summed E-state index contributed by atoms with van der Waals surface area (Å²) in [6.45, 7) is 2.46. The van der Waals surface area contributed by atoms with Gasteiger partial charge in [-0.15, -0.1) is 23.7 Å². The maximum atomic E-state index is 5.78. The molecule has 3 rings (SSSR count). The minimum absolute atomic E-state index is 0. The Kier molecular flexibility index (Phi) is 7.38. The molecular formula is C17H21ClN4O3S. The highest BCUT2D eigenvalue weighted by Crippen LogP contribution is 2.32. The molecule has 0 saturated carbocycles. The molecule has 140 valence electrons. The standard InChI is InChI=1S/C17H20N4O3S.ClH/c1-11(18-2)6-16-20-17(24-21-16)12-4-5-14(15(7-12)22-3)23-8-13-9-25-10-19-13;/h4-5,7,9-11,18H,6,8H2,1-3H3;1H. The maximum absolute atomic E-state index is 5.78. The van der Waals surface area contributed by atoms with Gasteiger partial charge in [0.05, 0.1) is 18.3 Å². The number of methoxy groups -OCH3 is 1. The van der Waals surface area contributed by atoms with Crippen molar-refractivity contribution in [2.24, 2.45) is 0 Å². The Balaban J connectivity index is 0.00000243. The molecule has 1 aromatic carbocycles. The molecule has 0 spiro atoms. The van der Waals surface area contributed by atoms with Crippen LogP contribution in [0.3, 0.4) is 0 Å². The summed E-state index contributed by atoms with van der Waals surface area (Å²) in [6.07, 6.45) is 0.700. The number of thiazole rings is 1. The van der Waals surface area contributed by atoms with Crippen molar-refractivity contribution in [3.63, 3.8) is 0 Å². The van der Waals surface area contributed by atoms with Crippen molar-refractivity contribution in [1.29, 1.82) is 0 Å². The molecule has 7 nitrogen and oxygen atoms in total. The van der Waals surface area contributed by atoms with Crippen LogP contribution < -0.4 is 14.8 Å². The van der Waals surface area contributed by atoms with Crippen LogP contribution in [0, 0.1) is 0 Å². The van der Waals surface area contributed by atoms with Crippen molar-refractivity contribution in [1.82, 2.24) is 20.4 Å². The highest BCUT2D eigenvalue weighted by atomic mass is 35.5. The quantitative estimate of drug-likeness (QED) is 0.625. The summed E-state index contributed by atoms with van der Waals surface area (Å²) < 4.78 is 16.6. The fourth-order valence-corrected chi connectivity index (χ4v) is 2.75. The van der Waals surface area contributed by atoms with E-state index in [1.807, 2.05) is 30.6 Å². The average Bonchev–Trinajstić information content (AvgIpc) is 3.31. The van der Waals surface area contributed by atoms with Gasteiger partial charge in [0, 0.05) is 23.4 Å². The van der Waals surface area contributed by atoms with Crippen molar-refractivity contribution in [2.45, 2.75) is 26.0 Å². The third kappa shape index (κ3) is 4.94. The van der Waals surface area contributed by atoms with E-state index in [4.69, 9.17) is 14.0 Å². The highest BCUT2D eigenvalue weighted by molar-refractivity contribution is 7.07. The molecule has 1 N–H and O–H groups in total. The van der Waals surface area contributed by atoms with Crippen LogP contribution >= 0.6 is 23.7 Å². The summed E-state index contributed by atoms with van der Waals surface area (Å²) in [4.78, 5) is 8.64. The van der Waals surface area contributed by atoms with Gasteiger partial charge in [0.15, 0.2) is 17.3 Å². The lowest BCUT2D eigenvalue weighted by atomic mass is 10.2. The molecule has 0 aliphatic rings. The summed E-state index contributed by atoms with van der Waals surface area (Å²) in [5.41, 5.74) is 3.45. The van der Waals surface area contributed by atoms with E-state index in [0.29, 0.717) is 36.2 Å². The first kappa shape index (κ1) is 20.2. The van der Waals surface area contributed by atoms with Crippen LogP contribution in [-0.4, -0.2) is 35.3 Å². The minimum Gasteiger partial charge on any atom is -0.493 e. The van der Waals surface area contributed by atoms with Crippen LogP contribution in [0.1, 0.15) is 18.4 Å². The van der Waals surface area contributed by atoms with Gasteiger partial charge in [-0.25, -0.2) is 4.98 Å². The zero-order valence-corrected chi connectivity index (χ0v) is 16.4. The Hall–Kier alpha value is -2.16. The van der Waals surface area contributed by atoms with Crippen LogP contribution in [0.5, 0.6) is 11.5 Å². The van der Waals surface area contributed by atoms with Crippen molar-refractivity contribution < 1.29 is 14.0 Å². The molecule has 0 aliphatic heterocycles. The zero-order valence-electron chi connectivity index (χ0n) is 14.8. The molecule has 3 aromatic rings. The number of hydrogen-bond donors (Lipinski definition) is 1. The lowest BCUT2D eigenvalue weighted by Crippen LogP contribution is -2.24. The molecule has 1 atom stereocenters. The van der Waals surface area contributed by atoms with Gasteiger partial charge < -0.3 is 19.3 Å². The smallest absolute Gasteiger partial charge is 0.258 e. The van der Waals surface area contributed by atoms with Crippen molar-refractivity contribution in [2.75, 3.05) is 14.2 Å². The number of hydrogen-bond acceptors (Lipinski definition) is 8. The van der Waals surface area contributed by atoms with Gasteiger partial charge in [0.2, 0.25) is 0 Å². The lowest BCUT2D eigenvalue weighted by molar-refractivity contribution is 0.281. The van der Waals surface area contributed by atoms with Gasteiger partial charge in [-0.3, -0.25) is 0 Å². The molecule has 26 heavy (non-hydrogen) atoms. The number of rotatable bonds is 8. The molecule has 0 fully saturated rings. The first-order valence-electron chi connectivity index (χ1n) is 7.87. The molecule has 9 heteroatoms. The zero-order chi connectivity index (χ0) is 17.6. The Morgan fingerprint density at radius 3 is 2.85 bits per heavy atom. The fourth-order valence-electron chi connectivity index (χ4n) is 2.21. The molecule has 0 amide bonds. The number of likely N-dealkylation sites (N-methyl/N-ethyl adjacent to an activating group) is 1. The third-order valence-corrected chi connectivity index (χ3v) is 4.35. The SMILES string of the molecule is CNC(C)Cc1noc(-c2ccc(OCc3cscn3)c(OC)c2)n1.Cl. The lowest BCUT2D eigenvalue weighted by Gasteiger charge is -2.10. The number of aromatic nitrogens is 3. The molecule has 0 aliphatic carbocycles. The summed E-state index contributed by atoms with van der Waals surface area (Å²) in [5.74, 6) is 2.38. The van der Waals surface area contributed by atoms with E-state index in [0.717, 1.165) is 11.3 Å². The third-order valence-electron chi connectivity index (χ3n) is 3.72. The first-order valence-corrected chi connectivity index (χ1v) is 8.82. The van der Waals surface area contributed by atoms with Crippen molar-refractivity contribution in [3.05, 3.63) is 40.6 Å². The Bertz CT molecular complexity index is 810. The predicted molar refractivity (Wildman–Crippen MR) is 102 cm³/mol. The van der Waals surface area contributed by atoms with Gasteiger partial charge in [0.1, 0.15) is 6.61 Å². The van der Waals surface area contributed by atoms with Crippen LogP contribution in [0.2, 0.25) is 0 Å². The Morgan fingerprint density at radius 2 is 2.15 bits per heavy atom. The van der Waals surface area contributed by atoms with E-state index >= 15 is 0 Å². The Labute approximate surface area is 162 Å². The largest absolute Gasteiger partial charge is 0.493 e. The van der Waals surface area contributed by atoms with Crippen LogP contribution in [0.25, 0.3) is 11.5 Å². The van der Waals surface area contributed by atoms with Gasteiger partial charge in [-0.05, 0) is 32.2 Å². The second-order valence-electron chi connectivity index (χ2n) is 5.54. The highest BCUT2D eigenvalue weighted by Gasteiger charge is 2.14. The Morgan fingerprint density at radius 1 is 1.31 bits per heavy atom. The molecule has 2 heterocycles. The van der Waals surface area contributed by atoms with Crippen LogP contribution in [0.4, 0.5) is 0 Å². The first-order chi connectivity index (χ1) is 12.2. The summed E-state index contributed by atoms with van der Waals surface area (Å²) in [7, 11) is 3.50. The number of nitrogens with zero attached hydrogens (tertiary/aromatic N) is 3. The van der Waals surface area contributed by atoms with Gasteiger partial charge in [0.25, 0.3) is 5.89 Å². The number of ether oxygens (including phenoxy) is 2. The van der Waals surface area contributed by atoms with Gasteiger partial charge in [-0.1, -0.05) is 5.16 Å². The predicted octanol–water partition coefficient (Wildman–Crippen LogP) is 3.35. The van der Waals surface area contributed by atoms with Crippen molar-refractivity contribution in [3.8, 4) is 23.0 Å². The molecular weight excluding hydrogens is 376 g/mol. The van der Waals surface area contributed by atoms with Gasteiger partial charge >= 0.3 is 0 Å². The average molecular weight is 397 g/mol. The molecule has 1 unspecified atom stereocenters. The van der Waals surface area contributed by atoms with E-state index in [9.17, 15) is 0 Å². The maximum Gasteiger partial charge on any atom is 0.258 e. The van der Waals surface area contributed by atoms with Crippen molar-refractivity contribution >= 4 is 23.7 Å². The molecule has 0 radical (unpaired) electrons. The molecule has 0 bridgehead atoms. The van der Waals surface area contributed by atoms with E-state index < -0.39 is 0 Å². The van der Waals surface area contributed by atoms with Gasteiger partial charge in [-0.2, -0.15) is 4.98 Å². The summed E-state index contributed by atoms with van der Waals surface area (Å²) >= 11 is 1.54. The van der Waals surface area contributed by atoms with Crippen LogP contribution in [-0.2, 0) is 13.0 Å².